The Morgan fingerprint density at radius 3 is 1.79 bits per heavy atom. The average molecular weight is 1070 g/mol. The second kappa shape index (κ2) is 29.1. The van der Waals surface area contributed by atoms with Crippen LogP contribution in [0.25, 0.3) is 0 Å². The summed E-state index contributed by atoms with van der Waals surface area (Å²) in [6.07, 6.45) is -0.180. The van der Waals surface area contributed by atoms with Crippen molar-refractivity contribution in [3.63, 3.8) is 0 Å². The van der Waals surface area contributed by atoms with Gasteiger partial charge in [-0.25, -0.2) is 0 Å². The smallest absolute Gasteiger partial charge is 0.246 e. The highest BCUT2D eigenvalue weighted by molar-refractivity contribution is 5.99. The number of rotatable bonds is 10. The molecule has 20 heteroatoms. The molecule has 1 unspecified atom stereocenters. The van der Waals surface area contributed by atoms with Crippen molar-refractivity contribution in [1.82, 2.24) is 40.0 Å². The Labute approximate surface area is 451 Å². The molecule has 0 saturated carbocycles. The van der Waals surface area contributed by atoms with Gasteiger partial charge in [-0.15, -0.1) is 0 Å². The number of hydrogen-bond donors (Lipinski definition) is 3. The molecule has 2 heterocycles. The number of ether oxygens (including phenoxy) is 1. The van der Waals surface area contributed by atoms with Crippen molar-refractivity contribution in [2.75, 3.05) is 61.5 Å². The Hall–Kier alpha value is -5.76. The highest BCUT2D eigenvalue weighted by Crippen LogP contribution is 2.25. The van der Waals surface area contributed by atoms with Gasteiger partial charge >= 0.3 is 0 Å². The van der Waals surface area contributed by atoms with Crippen LogP contribution in [0.3, 0.4) is 0 Å². The van der Waals surface area contributed by atoms with Gasteiger partial charge in [0.25, 0.3) is 0 Å². The van der Waals surface area contributed by atoms with E-state index in [1.807, 2.05) is 27.7 Å². The minimum Gasteiger partial charge on any atom is -0.393 e. The molecule has 76 heavy (non-hydrogen) atoms. The first-order valence-corrected chi connectivity index (χ1v) is 27.0. The van der Waals surface area contributed by atoms with Crippen molar-refractivity contribution in [3.05, 3.63) is 35.9 Å². The minimum atomic E-state index is -1.38. The van der Waals surface area contributed by atoms with Crippen LogP contribution in [-0.2, 0) is 59.1 Å². The van der Waals surface area contributed by atoms with Crippen LogP contribution in [0.5, 0.6) is 0 Å². The summed E-state index contributed by atoms with van der Waals surface area (Å²) in [5.74, 6) is -9.12. The number of ketones is 2. The van der Waals surface area contributed by atoms with Gasteiger partial charge in [0.1, 0.15) is 30.2 Å². The molecule has 2 saturated heterocycles. The number of likely N-dealkylation sites (N-methyl/N-ethyl adjacent to an activating group) is 5. The van der Waals surface area contributed by atoms with Gasteiger partial charge in [0, 0.05) is 74.0 Å². The first-order chi connectivity index (χ1) is 35.4. The van der Waals surface area contributed by atoms with E-state index in [0.717, 1.165) is 29.1 Å². The molecular formula is C56H90N8O12. The van der Waals surface area contributed by atoms with Gasteiger partial charge < -0.3 is 49.9 Å². The third kappa shape index (κ3) is 18.8. The summed E-state index contributed by atoms with van der Waals surface area (Å²) in [7, 11) is 7.04. The summed E-state index contributed by atoms with van der Waals surface area (Å²) < 4.78 is 6.04. The van der Waals surface area contributed by atoms with Crippen molar-refractivity contribution in [2.45, 2.75) is 175 Å². The Bertz CT molecular complexity index is 2190. The number of nitrogens with one attached hydrogen (secondary N) is 2. The van der Waals surface area contributed by atoms with E-state index in [1.165, 1.54) is 70.7 Å². The van der Waals surface area contributed by atoms with Gasteiger partial charge in [-0.3, -0.25) is 47.9 Å². The molecule has 0 bridgehead atoms. The quantitative estimate of drug-likeness (QED) is 0.307. The monoisotopic (exact) mass is 1070 g/mol. The second-order valence-electron chi connectivity index (χ2n) is 23.0. The van der Waals surface area contributed by atoms with E-state index in [-0.39, 0.29) is 37.7 Å². The molecule has 1 aromatic rings. The Balaban J connectivity index is 2.22. The normalized spacial score (nSPS) is 26.5. The summed E-state index contributed by atoms with van der Waals surface area (Å²) >= 11 is 0. The molecule has 20 nitrogen and oxygen atoms in total. The van der Waals surface area contributed by atoms with E-state index in [9.17, 15) is 53.1 Å². The molecule has 2 fully saturated rings. The molecule has 8 amide bonds. The Morgan fingerprint density at radius 2 is 1.24 bits per heavy atom. The fourth-order valence-corrected chi connectivity index (χ4v) is 9.64. The number of aliphatic hydroxyl groups excluding tert-OH is 1. The first kappa shape index (κ1) is 64.5. The van der Waals surface area contributed by atoms with Gasteiger partial charge in [-0.1, -0.05) is 58.0 Å². The number of aliphatic hydroxyl groups is 1. The molecule has 3 N–H and O–H groups in total. The van der Waals surface area contributed by atoms with E-state index < -0.39 is 144 Å². The van der Waals surface area contributed by atoms with Crippen LogP contribution in [0, 0.1) is 23.7 Å². The van der Waals surface area contributed by atoms with Crippen LogP contribution in [-0.4, -0.2) is 203 Å². The third-order valence-electron chi connectivity index (χ3n) is 14.5. The van der Waals surface area contributed by atoms with Crippen molar-refractivity contribution < 1.29 is 57.8 Å². The average Bonchev–Trinajstić information content (AvgIpc) is 3.36. The predicted octanol–water partition coefficient (Wildman–Crippen LogP) is 2.86. The van der Waals surface area contributed by atoms with Crippen LogP contribution in [0.1, 0.15) is 126 Å². The Kier molecular flexibility index (Phi) is 24.7. The highest BCUT2D eigenvalue weighted by atomic mass is 16.5. The minimum absolute atomic E-state index is 0.0254. The predicted molar refractivity (Wildman–Crippen MR) is 287 cm³/mol. The van der Waals surface area contributed by atoms with Crippen molar-refractivity contribution in [3.8, 4) is 0 Å². The van der Waals surface area contributed by atoms with Gasteiger partial charge in [-0.2, -0.15) is 0 Å². The number of amides is 8. The number of hydrogen-bond acceptors (Lipinski definition) is 12. The maximum atomic E-state index is 14.9. The summed E-state index contributed by atoms with van der Waals surface area (Å²) in [5, 5.41) is 16.5. The van der Waals surface area contributed by atoms with Crippen LogP contribution in [0.2, 0.25) is 0 Å². The SMILES string of the molecule is CC(C)C[C@H]1C(=O)N[C@@H](COC(C)(C)C)C(=O)C[C@H](C(=O)N2CCCCC2)CC(=O)N[C@@H](C)C(=O)N(C)[C@@H](C)C(=O)N(C)[C@@H](Cc2ccccc2)C(=O)N(C)[C@@H](CC(C)C)C(=O)C[C@@H](C(C)O)C(=O)N(C)CC(=O)N1C. The molecule has 0 spiro atoms. The number of carbonyl (C=O) groups excluding carboxylic acids is 10. The standard InChI is InChI=1S/C56H90N8O12/c1-34(2)26-43-47(67)31-41(38(7)65)54(74)59(11)32-49(69)61(13)44(27-35(3)4)50(70)58-42(33-76-56(8,9)10)46(66)29-40(53(73)64-24-20-17-21-25-64)30-48(68)57-36(5)51(71)60(12)37(6)52(72)63(15)45(55(75)62(43)14)28-39-22-18-16-19-23-39/h16,18-19,22-23,34-38,40-45,65H,17,20-21,24-33H2,1-15H3,(H,57,68)(H,58,70)/t36-,37-,38?,40-,41-,42-,43-,44-,45-/m0/s1. The number of carbonyl (C=O) groups is 10. The zero-order valence-electron chi connectivity index (χ0n) is 48.1. The molecule has 1 aromatic carbocycles. The summed E-state index contributed by atoms with van der Waals surface area (Å²) in [4.78, 5) is 151. The van der Waals surface area contributed by atoms with Gasteiger partial charge in [0.15, 0.2) is 11.6 Å². The van der Waals surface area contributed by atoms with Crippen LogP contribution < -0.4 is 10.6 Å². The number of nitrogens with zero attached hydrogens (tertiary/aromatic N) is 6. The third-order valence-corrected chi connectivity index (χ3v) is 14.5. The topological polar surface area (TPSA) is 244 Å². The fourth-order valence-electron chi connectivity index (χ4n) is 9.64. The molecule has 0 aliphatic carbocycles. The fraction of sp³-hybridized carbons (Fsp3) is 0.714. The largest absolute Gasteiger partial charge is 0.393 e. The molecule has 2 aliphatic heterocycles. The van der Waals surface area contributed by atoms with Crippen molar-refractivity contribution in [2.24, 2.45) is 23.7 Å². The molecule has 3 rings (SSSR count). The molecular weight excluding hydrogens is 977 g/mol. The lowest BCUT2D eigenvalue weighted by molar-refractivity contribution is -0.152. The molecule has 2 aliphatic rings. The van der Waals surface area contributed by atoms with Crippen molar-refractivity contribution >= 4 is 58.8 Å². The zero-order valence-corrected chi connectivity index (χ0v) is 48.1. The molecule has 9 atom stereocenters. The second-order valence-corrected chi connectivity index (χ2v) is 23.0. The summed E-state index contributed by atoms with van der Waals surface area (Å²) in [6.45, 7) is 17.0. The molecule has 0 radical (unpaired) electrons. The number of piperidine rings is 1. The summed E-state index contributed by atoms with van der Waals surface area (Å²) in [5.41, 5.74) is -0.0783. The zero-order chi connectivity index (χ0) is 57.5. The molecule has 0 aromatic heterocycles. The van der Waals surface area contributed by atoms with Crippen LogP contribution in [0.15, 0.2) is 30.3 Å². The number of benzene rings is 1. The van der Waals surface area contributed by atoms with Gasteiger partial charge in [0.05, 0.1) is 42.7 Å². The number of Topliss-reactive ketones (excluding diaryl/α,β-unsaturated/α-hetero) is 2. The maximum Gasteiger partial charge on any atom is 0.246 e. The van der Waals surface area contributed by atoms with Gasteiger partial charge in [0.2, 0.25) is 47.3 Å². The van der Waals surface area contributed by atoms with E-state index >= 15 is 0 Å². The first-order valence-electron chi connectivity index (χ1n) is 27.0. The molecule has 426 valence electrons. The van der Waals surface area contributed by atoms with E-state index in [0.29, 0.717) is 18.7 Å². The lowest BCUT2D eigenvalue weighted by atomic mass is 9.89. The van der Waals surface area contributed by atoms with Crippen molar-refractivity contribution in [1.29, 1.82) is 0 Å². The lowest BCUT2D eigenvalue weighted by Crippen LogP contribution is -2.58. The summed E-state index contributed by atoms with van der Waals surface area (Å²) in [6, 6.07) is 1.75. The van der Waals surface area contributed by atoms with Gasteiger partial charge in [-0.05, 0) is 91.0 Å². The van der Waals surface area contributed by atoms with E-state index in [1.54, 1.807) is 56.0 Å². The highest BCUT2D eigenvalue weighted by Gasteiger charge is 2.42. The lowest BCUT2D eigenvalue weighted by Gasteiger charge is -2.38. The van der Waals surface area contributed by atoms with E-state index in [4.69, 9.17) is 4.74 Å². The maximum absolute atomic E-state index is 14.9. The van der Waals surface area contributed by atoms with Crippen LogP contribution >= 0.6 is 0 Å². The number of likely N-dealkylation sites (tertiary alicyclic amines) is 1. The Morgan fingerprint density at radius 1 is 0.671 bits per heavy atom. The van der Waals surface area contributed by atoms with Crippen LogP contribution in [0.4, 0.5) is 0 Å². The van der Waals surface area contributed by atoms with E-state index in [2.05, 4.69) is 10.6 Å².